The van der Waals surface area contributed by atoms with Crippen molar-refractivity contribution in [1.82, 2.24) is 0 Å². The lowest BCUT2D eigenvalue weighted by atomic mass is 9.88. The van der Waals surface area contributed by atoms with Gasteiger partial charge in [-0.05, 0) is 37.5 Å². The first-order valence-electron chi connectivity index (χ1n) is 6.70. The summed E-state index contributed by atoms with van der Waals surface area (Å²) in [5.74, 6) is -1.30. The average Bonchev–Trinajstić information content (AvgIpc) is 2.38. The number of aliphatic hydroxyl groups is 2. The molecule has 0 aliphatic carbocycles. The van der Waals surface area contributed by atoms with E-state index in [1.807, 2.05) is 0 Å². The van der Waals surface area contributed by atoms with Crippen LogP contribution in [0.15, 0.2) is 18.2 Å². The van der Waals surface area contributed by atoms with Gasteiger partial charge in [0.25, 0.3) is 0 Å². The summed E-state index contributed by atoms with van der Waals surface area (Å²) in [7, 11) is 0. The molecule has 0 bridgehead atoms. The van der Waals surface area contributed by atoms with Gasteiger partial charge in [0.1, 0.15) is 5.82 Å². The standard InChI is InChI=1S/C14H17F4NO2/c15-12-9-10(1-2-11(12)14(16,17)18)19-6-3-13(21,4-7-19)5-8-20/h1-2,9,20-21H,3-8H2. The number of rotatable bonds is 3. The maximum Gasteiger partial charge on any atom is 0.419 e. The van der Waals surface area contributed by atoms with E-state index in [1.54, 1.807) is 4.90 Å². The summed E-state index contributed by atoms with van der Waals surface area (Å²) in [4.78, 5) is 1.73. The Kier molecular flexibility index (Phi) is 4.43. The van der Waals surface area contributed by atoms with E-state index in [9.17, 15) is 22.7 Å². The molecule has 1 heterocycles. The second-order valence-electron chi connectivity index (χ2n) is 5.35. The van der Waals surface area contributed by atoms with Gasteiger partial charge in [0.15, 0.2) is 0 Å². The molecule has 1 aliphatic heterocycles. The van der Waals surface area contributed by atoms with Crippen molar-refractivity contribution in [2.24, 2.45) is 0 Å². The van der Waals surface area contributed by atoms with E-state index >= 15 is 0 Å². The molecule has 1 aliphatic rings. The van der Waals surface area contributed by atoms with E-state index < -0.39 is 23.2 Å². The molecular weight excluding hydrogens is 290 g/mol. The summed E-state index contributed by atoms with van der Waals surface area (Å²) in [6, 6.07) is 2.85. The third kappa shape index (κ3) is 3.65. The number of benzene rings is 1. The van der Waals surface area contributed by atoms with Crippen molar-refractivity contribution in [3.63, 3.8) is 0 Å². The van der Waals surface area contributed by atoms with E-state index in [0.717, 1.165) is 12.1 Å². The van der Waals surface area contributed by atoms with Crippen LogP contribution in [0.4, 0.5) is 23.2 Å². The SMILES string of the molecule is OCCC1(O)CCN(c2ccc(C(F)(F)F)c(F)c2)CC1. The normalized spacial score (nSPS) is 18.9. The first-order valence-corrected chi connectivity index (χ1v) is 6.70. The van der Waals surface area contributed by atoms with Crippen molar-refractivity contribution < 1.29 is 27.8 Å². The van der Waals surface area contributed by atoms with Gasteiger partial charge in [0.2, 0.25) is 0 Å². The molecule has 0 unspecified atom stereocenters. The molecule has 1 aromatic rings. The number of anilines is 1. The summed E-state index contributed by atoms with van der Waals surface area (Å²) in [5.41, 5.74) is -1.86. The van der Waals surface area contributed by atoms with E-state index in [2.05, 4.69) is 0 Å². The molecule has 2 rings (SSSR count). The number of nitrogens with zero attached hydrogens (tertiary/aromatic N) is 1. The molecule has 3 nitrogen and oxygen atoms in total. The molecule has 0 spiro atoms. The molecule has 21 heavy (non-hydrogen) atoms. The average molecular weight is 307 g/mol. The molecule has 2 N–H and O–H groups in total. The molecule has 0 radical (unpaired) electrons. The molecule has 0 amide bonds. The van der Waals surface area contributed by atoms with E-state index in [-0.39, 0.29) is 13.0 Å². The number of alkyl halides is 3. The van der Waals surface area contributed by atoms with Gasteiger partial charge >= 0.3 is 6.18 Å². The summed E-state index contributed by atoms with van der Waals surface area (Å²) in [6.45, 7) is 0.689. The van der Waals surface area contributed by atoms with Crippen molar-refractivity contribution in [3.8, 4) is 0 Å². The van der Waals surface area contributed by atoms with Crippen molar-refractivity contribution in [2.45, 2.75) is 31.0 Å². The van der Waals surface area contributed by atoms with Gasteiger partial charge in [-0.1, -0.05) is 0 Å². The lowest BCUT2D eigenvalue weighted by molar-refractivity contribution is -0.139. The minimum absolute atomic E-state index is 0.120. The van der Waals surface area contributed by atoms with Gasteiger partial charge in [0.05, 0.1) is 11.2 Å². The summed E-state index contributed by atoms with van der Waals surface area (Å²) >= 11 is 0. The number of piperidine rings is 1. The van der Waals surface area contributed by atoms with Gasteiger partial charge in [-0.25, -0.2) is 4.39 Å². The number of hydrogen-bond acceptors (Lipinski definition) is 3. The van der Waals surface area contributed by atoms with Crippen LogP contribution >= 0.6 is 0 Å². The van der Waals surface area contributed by atoms with Crippen LogP contribution in [0.2, 0.25) is 0 Å². The Hall–Kier alpha value is -1.34. The molecular formula is C14H17F4NO2. The van der Waals surface area contributed by atoms with Gasteiger partial charge in [-0.2, -0.15) is 13.2 Å². The second kappa shape index (κ2) is 5.81. The molecule has 0 atom stereocenters. The third-order valence-electron chi connectivity index (χ3n) is 3.89. The maximum absolute atomic E-state index is 13.5. The predicted molar refractivity (Wildman–Crippen MR) is 69.5 cm³/mol. The van der Waals surface area contributed by atoms with Crippen molar-refractivity contribution in [3.05, 3.63) is 29.6 Å². The van der Waals surface area contributed by atoms with Crippen molar-refractivity contribution in [2.75, 3.05) is 24.6 Å². The summed E-state index contributed by atoms with van der Waals surface area (Å²) in [6.07, 6.45) is -3.67. The fraction of sp³-hybridized carbons (Fsp3) is 0.571. The zero-order valence-corrected chi connectivity index (χ0v) is 11.3. The highest BCUT2D eigenvalue weighted by molar-refractivity contribution is 5.49. The lowest BCUT2D eigenvalue weighted by Gasteiger charge is -2.39. The highest BCUT2D eigenvalue weighted by Crippen LogP contribution is 2.34. The Bertz CT molecular complexity index is 496. The highest BCUT2D eigenvalue weighted by Gasteiger charge is 2.35. The Morgan fingerprint density at radius 1 is 1.19 bits per heavy atom. The highest BCUT2D eigenvalue weighted by atomic mass is 19.4. The minimum Gasteiger partial charge on any atom is -0.396 e. The van der Waals surface area contributed by atoms with Crippen molar-refractivity contribution in [1.29, 1.82) is 0 Å². The van der Waals surface area contributed by atoms with Crippen LogP contribution in [-0.2, 0) is 6.18 Å². The molecule has 1 fully saturated rings. The third-order valence-corrected chi connectivity index (χ3v) is 3.89. The van der Waals surface area contributed by atoms with Crippen LogP contribution in [0, 0.1) is 5.82 Å². The van der Waals surface area contributed by atoms with Crippen LogP contribution in [0.1, 0.15) is 24.8 Å². The van der Waals surface area contributed by atoms with Crippen LogP contribution in [-0.4, -0.2) is 35.5 Å². The Morgan fingerprint density at radius 2 is 1.81 bits per heavy atom. The van der Waals surface area contributed by atoms with Gasteiger partial charge in [-0.15, -0.1) is 0 Å². The van der Waals surface area contributed by atoms with E-state index in [4.69, 9.17) is 5.11 Å². The molecule has 118 valence electrons. The lowest BCUT2D eigenvalue weighted by Crippen LogP contribution is -2.45. The number of hydrogen-bond donors (Lipinski definition) is 2. The quantitative estimate of drug-likeness (QED) is 0.844. The monoisotopic (exact) mass is 307 g/mol. The largest absolute Gasteiger partial charge is 0.419 e. The maximum atomic E-state index is 13.5. The number of halogens is 4. The van der Waals surface area contributed by atoms with Crippen molar-refractivity contribution >= 4 is 5.69 Å². The Labute approximate surface area is 119 Å². The summed E-state index contributed by atoms with van der Waals surface area (Å²) < 4.78 is 51.0. The molecule has 1 aromatic carbocycles. The number of aliphatic hydroxyl groups excluding tert-OH is 1. The minimum atomic E-state index is -4.70. The molecule has 1 saturated heterocycles. The molecule has 0 saturated carbocycles. The molecule has 0 aromatic heterocycles. The van der Waals surface area contributed by atoms with Gasteiger partial charge in [-0.3, -0.25) is 0 Å². The zero-order chi connectivity index (χ0) is 15.7. The first-order chi connectivity index (χ1) is 9.75. The van der Waals surface area contributed by atoms with Crippen LogP contribution < -0.4 is 4.90 Å². The van der Waals surface area contributed by atoms with Crippen LogP contribution in [0.5, 0.6) is 0 Å². The van der Waals surface area contributed by atoms with Gasteiger partial charge in [0, 0.05) is 25.4 Å². The van der Waals surface area contributed by atoms with E-state index in [1.165, 1.54) is 6.07 Å². The predicted octanol–water partition coefficient (Wildman–Crippen LogP) is 2.56. The topological polar surface area (TPSA) is 43.7 Å². The van der Waals surface area contributed by atoms with Gasteiger partial charge < -0.3 is 15.1 Å². The molecule has 7 heteroatoms. The van der Waals surface area contributed by atoms with E-state index in [0.29, 0.717) is 31.6 Å². The zero-order valence-electron chi connectivity index (χ0n) is 11.3. The second-order valence-corrected chi connectivity index (χ2v) is 5.35. The van der Waals surface area contributed by atoms with Crippen LogP contribution in [0.3, 0.4) is 0 Å². The Morgan fingerprint density at radius 3 is 2.29 bits per heavy atom. The summed E-state index contributed by atoms with van der Waals surface area (Å²) in [5, 5.41) is 19.0. The fourth-order valence-corrected chi connectivity index (χ4v) is 2.57. The van der Waals surface area contributed by atoms with Crippen LogP contribution in [0.25, 0.3) is 0 Å². The fourth-order valence-electron chi connectivity index (χ4n) is 2.57. The smallest absolute Gasteiger partial charge is 0.396 e. The first kappa shape index (κ1) is 16.0. The Balaban J connectivity index is 2.09.